The van der Waals surface area contributed by atoms with Crippen molar-refractivity contribution in [2.24, 2.45) is 0 Å². The van der Waals surface area contributed by atoms with Gasteiger partial charge in [0.2, 0.25) is 0 Å². The third kappa shape index (κ3) is 4.54. The number of hydrogen-bond acceptors (Lipinski definition) is 6. The first-order valence-electron chi connectivity index (χ1n) is 9.46. The van der Waals surface area contributed by atoms with E-state index in [1.807, 2.05) is 34.6 Å². The third-order valence-corrected chi connectivity index (χ3v) is 6.39. The van der Waals surface area contributed by atoms with Crippen LogP contribution in [-0.2, 0) is 16.1 Å². The van der Waals surface area contributed by atoms with Crippen LogP contribution < -0.4 is 9.62 Å². The van der Waals surface area contributed by atoms with Gasteiger partial charge in [0.25, 0.3) is 0 Å². The van der Waals surface area contributed by atoms with Gasteiger partial charge in [-0.2, -0.15) is 0 Å². The average molecular weight is 391 g/mol. The van der Waals surface area contributed by atoms with Gasteiger partial charge in [-0.3, -0.25) is 0 Å². The molecular weight excluding hydrogens is 360 g/mol. The van der Waals surface area contributed by atoms with Gasteiger partial charge in [0.15, 0.2) is 5.82 Å². The molecule has 7 heteroatoms. The molecule has 0 saturated carbocycles. The Balaban J connectivity index is 2.03. The first-order valence-corrected chi connectivity index (χ1v) is 10.6. The van der Waals surface area contributed by atoms with Crippen molar-refractivity contribution in [3.8, 4) is 0 Å². The van der Waals surface area contributed by atoms with Gasteiger partial charge in [-0.25, -0.2) is 9.97 Å². The molecule has 0 amide bonds. The summed E-state index contributed by atoms with van der Waals surface area (Å²) in [6, 6.07) is 4.09. The number of nitrogens with zero attached hydrogens (tertiary/aromatic N) is 3. The molecule has 1 aliphatic rings. The zero-order chi connectivity index (χ0) is 19.8. The second-order valence-electron chi connectivity index (χ2n) is 8.17. The molecular formula is C20H30N4O2S. The highest BCUT2D eigenvalue weighted by atomic mass is 32.2. The first-order chi connectivity index (χ1) is 12.7. The van der Waals surface area contributed by atoms with Crippen molar-refractivity contribution in [2.45, 2.75) is 52.3 Å². The monoisotopic (exact) mass is 390 g/mol. The fourth-order valence-corrected chi connectivity index (χ4v) is 4.02. The Morgan fingerprint density at radius 2 is 1.85 bits per heavy atom. The number of aromatic nitrogens is 2. The molecule has 27 heavy (non-hydrogen) atoms. The molecule has 0 bridgehead atoms. The van der Waals surface area contributed by atoms with Crippen molar-refractivity contribution in [3.05, 3.63) is 29.0 Å². The summed E-state index contributed by atoms with van der Waals surface area (Å²) in [4.78, 5) is 12.1. The number of benzene rings is 1. The van der Waals surface area contributed by atoms with E-state index in [-0.39, 0.29) is 10.8 Å². The number of anilines is 1. The molecule has 1 N–H and O–H groups in total. The molecule has 3 rings (SSSR count). The lowest BCUT2D eigenvalue weighted by Gasteiger charge is -2.29. The number of fused-ring (bicyclic) bond motifs is 1. The fraction of sp³-hybridized carbons (Fsp3) is 0.600. The van der Waals surface area contributed by atoms with Crippen LogP contribution in [-0.4, -0.2) is 45.6 Å². The minimum atomic E-state index is -1.16. The Bertz CT molecular complexity index is 816. The molecule has 2 aromatic rings. The third-order valence-electron chi connectivity index (χ3n) is 4.71. The molecule has 0 aliphatic carbocycles. The lowest BCUT2D eigenvalue weighted by molar-refractivity contribution is 0.122. The lowest BCUT2D eigenvalue weighted by atomic mass is 10.0. The number of hydrogen-bond donors (Lipinski definition) is 1. The van der Waals surface area contributed by atoms with Crippen LogP contribution in [0.5, 0.6) is 0 Å². The summed E-state index contributed by atoms with van der Waals surface area (Å²) in [5.74, 6) is 0.917. The SMILES string of the molecule is Cc1cc([C@@H](C)N[S+]([O-])C(C)(C)C)c2nc(N3CCOCC3)c(C)nc2c1. The van der Waals surface area contributed by atoms with E-state index in [2.05, 4.69) is 28.7 Å². The summed E-state index contributed by atoms with van der Waals surface area (Å²) in [5.41, 5.74) is 4.85. The Labute approximate surface area is 165 Å². The van der Waals surface area contributed by atoms with Gasteiger partial charge in [0.05, 0.1) is 36.0 Å². The van der Waals surface area contributed by atoms with E-state index >= 15 is 0 Å². The average Bonchev–Trinajstić information content (AvgIpc) is 2.60. The van der Waals surface area contributed by atoms with Crippen LogP contribution in [0.25, 0.3) is 11.0 Å². The number of rotatable bonds is 4. The summed E-state index contributed by atoms with van der Waals surface area (Å²) in [6.45, 7) is 15.1. The molecule has 2 atom stereocenters. The summed E-state index contributed by atoms with van der Waals surface area (Å²) in [7, 11) is 0. The number of aryl methyl sites for hydroxylation is 2. The van der Waals surface area contributed by atoms with Crippen LogP contribution >= 0.6 is 0 Å². The minimum absolute atomic E-state index is 0.0954. The van der Waals surface area contributed by atoms with Crippen LogP contribution in [0.1, 0.15) is 50.6 Å². The van der Waals surface area contributed by atoms with E-state index in [1.54, 1.807) is 0 Å². The predicted molar refractivity (Wildman–Crippen MR) is 111 cm³/mol. The summed E-state index contributed by atoms with van der Waals surface area (Å²) >= 11 is -1.16. The normalized spacial score (nSPS) is 18.0. The molecule has 1 aromatic carbocycles. The van der Waals surface area contributed by atoms with Crippen LogP contribution in [0.15, 0.2) is 12.1 Å². The van der Waals surface area contributed by atoms with Crippen LogP contribution in [0, 0.1) is 13.8 Å². The molecule has 1 fully saturated rings. The molecule has 148 valence electrons. The van der Waals surface area contributed by atoms with Crippen molar-refractivity contribution in [1.82, 2.24) is 14.7 Å². The van der Waals surface area contributed by atoms with Crippen molar-refractivity contribution in [3.63, 3.8) is 0 Å². The molecule has 0 radical (unpaired) electrons. The van der Waals surface area contributed by atoms with Crippen LogP contribution in [0.4, 0.5) is 5.82 Å². The zero-order valence-corrected chi connectivity index (χ0v) is 17.9. The Hall–Kier alpha value is -1.41. The van der Waals surface area contributed by atoms with E-state index in [0.717, 1.165) is 46.8 Å². The number of nitrogens with one attached hydrogen (secondary N) is 1. The van der Waals surface area contributed by atoms with Crippen LogP contribution in [0.3, 0.4) is 0 Å². The van der Waals surface area contributed by atoms with E-state index in [1.165, 1.54) is 0 Å². The van der Waals surface area contributed by atoms with E-state index in [0.29, 0.717) is 13.2 Å². The van der Waals surface area contributed by atoms with E-state index < -0.39 is 11.4 Å². The summed E-state index contributed by atoms with van der Waals surface area (Å²) in [6.07, 6.45) is 0. The lowest BCUT2D eigenvalue weighted by Crippen LogP contribution is -2.40. The Kier molecular flexibility index (Phi) is 5.96. The molecule has 1 saturated heterocycles. The standard InChI is InChI=1S/C20H30N4O2S/c1-13-11-16(14(2)23-27(25)20(4,5)6)18-17(12-13)21-15(3)19(22-18)24-7-9-26-10-8-24/h11-12,14,23H,7-10H2,1-6H3/t14-,27?/m1/s1. The fourth-order valence-electron chi connectivity index (χ4n) is 3.22. The number of morpholine rings is 1. The molecule has 1 unspecified atom stereocenters. The zero-order valence-electron chi connectivity index (χ0n) is 17.1. The highest BCUT2D eigenvalue weighted by Gasteiger charge is 2.29. The van der Waals surface area contributed by atoms with Gasteiger partial charge < -0.3 is 14.2 Å². The molecule has 1 aliphatic heterocycles. The Morgan fingerprint density at radius 1 is 1.19 bits per heavy atom. The maximum absolute atomic E-state index is 12.6. The van der Waals surface area contributed by atoms with Gasteiger partial charge in [-0.15, -0.1) is 4.72 Å². The Morgan fingerprint density at radius 3 is 2.48 bits per heavy atom. The van der Waals surface area contributed by atoms with Crippen molar-refractivity contribution >= 4 is 28.2 Å². The van der Waals surface area contributed by atoms with Gasteiger partial charge in [0, 0.05) is 30.0 Å². The topological polar surface area (TPSA) is 73.3 Å². The summed E-state index contributed by atoms with van der Waals surface area (Å²) in [5, 5.41) is 0. The minimum Gasteiger partial charge on any atom is -0.598 e. The second kappa shape index (κ2) is 7.91. The van der Waals surface area contributed by atoms with Crippen molar-refractivity contribution in [1.29, 1.82) is 0 Å². The quantitative estimate of drug-likeness (QED) is 0.808. The van der Waals surface area contributed by atoms with E-state index in [9.17, 15) is 4.55 Å². The maximum Gasteiger partial charge on any atom is 0.150 e. The van der Waals surface area contributed by atoms with Crippen LogP contribution in [0.2, 0.25) is 0 Å². The number of ether oxygens (including phenoxy) is 1. The van der Waals surface area contributed by atoms with Crippen molar-refractivity contribution < 1.29 is 9.29 Å². The predicted octanol–water partition coefficient (Wildman–Crippen LogP) is 3.20. The van der Waals surface area contributed by atoms with Gasteiger partial charge in [-0.05, 0) is 53.2 Å². The van der Waals surface area contributed by atoms with Gasteiger partial charge >= 0.3 is 0 Å². The largest absolute Gasteiger partial charge is 0.598 e. The van der Waals surface area contributed by atoms with Crippen molar-refractivity contribution in [2.75, 3.05) is 31.2 Å². The van der Waals surface area contributed by atoms with E-state index in [4.69, 9.17) is 14.7 Å². The highest BCUT2D eigenvalue weighted by Crippen LogP contribution is 2.29. The second-order valence-corrected chi connectivity index (χ2v) is 10.2. The summed E-state index contributed by atoms with van der Waals surface area (Å²) < 4.78 is 21.0. The molecule has 1 aromatic heterocycles. The maximum atomic E-state index is 12.6. The first kappa shape index (κ1) is 20.3. The highest BCUT2D eigenvalue weighted by molar-refractivity contribution is 7.90. The molecule has 0 spiro atoms. The molecule has 6 nitrogen and oxygen atoms in total. The van der Waals surface area contributed by atoms with Gasteiger partial charge in [0.1, 0.15) is 4.75 Å². The molecule has 2 heterocycles. The smallest absolute Gasteiger partial charge is 0.150 e. The van der Waals surface area contributed by atoms with Gasteiger partial charge in [-0.1, -0.05) is 6.07 Å².